The fraction of sp³-hybridized carbons (Fsp3) is 0.333. The van der Waals surface area contributed by atoms with Gasteiger partial charge in [-0.05, 0) is 0 Å². The Hall–Kier alpha value is -2.19. The topological polar surface area (TPSA) is 55.4 Å². The van der Waals surface area contributed by atoms with Gasteiger partial charge in [-0.1, -0.05) is 0 Å². The van der Waals surface area contributed by atoms with E-state index in [1.807, 2.05) is 75.7 Å². The third-order valence-electron chi connectivity index (χ3n) is 4.25. The van der Waals surface area contributed by atoms with Gasteiger partial charge in [-0.15, -0.1) is 0 Å². The molecule has 1 N–H and O–H groups in total. The van der Waals surface area contributed by atoms with E-state index >= 15 is 0 Å². The number of nitrogens with one attached hydrogen (secondary N) is 1. The van der Waals surface area contributed by atoms with Crippen molar-refractivity contribution in [2.75, 3.05) is 31.0 Å². The van der Waals surface area contributed by atoms with E-state index in [0.29, 0.717) is 12.3 Å². The average Bonchev–Trinajstić information content (AvgIpc) is 2.56. The van der Waals surface area contributed by atoms with Gasteiger partial charge in [-0.25, -0.2) is 0 Å². The molecule has 0 aliphatic heterocycles. The number of ether oxygens (including phenoxy) is 1. The van der Waals surface area contributed by atoms with Gasteiger partial charge in [0.2, 0.25) is 0 Å². The van der Waals surface area contributed by atoms with E-state index in [0.717, 1.165) is 22.4 Å². The summed E-state index contributed by atoms with van der Waals surface area (Å²) in [7, 11) is -2.04. The van der Waals surface area contributed by atoms with Crippen LogP contribution in [0.1, 0.15) is 16.7 Å². The first-order valence-electron chi connectivity index (χ1n) is 8.82. The molecule has 26 heavy (non-hydrogen) atoms. The van der Waals surface area contributed by atoms with Crippen molar-refractivity contribution < 1.29 is 14.3 Å². The molecule has 0 heterocycles. The Bertz CT molecular complexity index is 752. The van der Waals surface area contributed by atoms with Crippen molar-refractivity contribution in [2.24, 2.45) is 0 Å². The predicted molar refractivity (Wildman–Crippen MR) is 111 cm³/mol. The molecule has 0 saturated carbocycles. The molecule has 0 atom stereocenters. The molecular weight excluding hydrogens is 345 g/mol. The summed E-state index contributed by atoms with van der Waals surface area (Å²) in [6.07, 6.45) is 0.723. The van der Waals surface area contributed by atoms with Gasteiger partial charge in [0.05, 0.1) is 0 Å². The van der Waals surface area contributed by atoms with Crippen LogP contribution in [-0.4, -0.2) is 37.5 Å². The van der Waals surface area contributed by atoms with Gasteiger partial charge >= 0.3 is 156 Å². The van der Waals surface area contributed by atoms with Gasteiger partial charge in [0.1, 0.15) is 0 Å². The Morgan fingerprint density at radius 1 is 0.923 bits per heavy atom. The molecule has 4 nitrogen and oxygen atoms in total. The number of benzene rings is 2. The number of hydrogen-bond donors (Lipinski definition) is 1. The van der Waals surface area contributed by atoms with E-state index in [1.165, 1.54) is 0 Å². The number of anilines is 1. The van der Waals surface area contributed by atoms with Crippen molar-refractivity contribution in [3.63, 3.8) is 0 Å². The summed E-state index contributed by atoms with van der Waals surface area (Å²) < 4.78 is 5.37. The summed E-state index contributed by atoms with van der Waals surface area (Å²) >= 11 is 0. The average molecular weight is 373 g/mol. The maximum atomic E-state index is 12.5. The van der Waals surface area contributed by atoms with Gasteiger partial charge in [0.25, 0.3) is 0 Å². The minimum atomic E-state index is -2.04. The third-order valence-corrected chi connectivity index (χ3v) is 6.77. The van der Waals surface area contributed by atoms with Crippen LogP contribution in [0.4, 0.5) is 5.69 Å². The number of carbonyl (C=O) groups is 2. The van der Waals surface area contributed by atoms with E-state index < -0.39 is 7.26 Å². The predicted octanol–water partition coefficient (Wildman–Crippen LogP) is 3.99. The van der Waals surface area contributed by atoms with Gasteiger partial charge in [0.15, 0.2) is 0 Å². The van der Waals surface area contributed by atoms with Crippen LogP contribution in [0.5, 0.6) is 0 Å². The number of aryl methyl sites for hydroxylation is 2. The summed E-state index contributed by atoms with van der Waals surface area (Å²) in [5.41, 5.74) is 3.92. The number of para-hydroxylation sites is 1. The molecule has 2 rings (SSSR count). The van der Waals surface area contributed by atoms with E-state index in [2.05, 4.69) is 5.32 Å². The molecular formula is C21H28NO3P. The molecule has 140 valence electrons. The zero-order chi connectivity index (χ0) is 19.2. The van der Waals surface area contributed by atoms with Crippen LogP contribution in [0.3, 0.4) is 0 Å². The van der Waals surface area contributed by atoms with Crippen LogP contribution in [0.2, 0.25) is 0 Å². The standard InChI is InChI=1S/C21H28NO3P/c1-16-9-8-10-17(2)21(16)22-19(23)14-26(3,4)15-20(24)25-13-18-11-6-5-7-12-18/h5-12,26H,13-15H2,1-4H3,(H,22,23). The number of esters is 1. The molecule has 2 aromatic carbocycles. The van der Waals surface area contributed by atoms with Gasteiger partial charge in [-0.3, -0.25) is 0 Å². The van der Waals surface area contributed by atoms with Crippen LogP contribution >= 0.6 is 7.26 Å². The minimum absolute atomic E-state index is 0.0325. The fourth-order valence-electron chi connectivity index (χ4n) is 2.87. The number of rotatable bonds is 7. The summed E-state index contributed by atoms with van der Waals surface area (Å²) in [6.45, 7) is 8.32. The van der Waals surface area contributed by atoms with Crippen molar-refractivity contribution in [1.29, 1.82) is 0 Å². The zero-order valence-corrected chi connectivity index (χ0v) is 17.0. The molecule has 0 radical (unpaired) electrons. The number of hydrogen-bond acceptors (Lipinski definition) is 3. The van der Waals surface area contributed by atoms with Crippen LogP contribution in [0.15, 0.2) is 48.5 Å². The second-order valence-electron chi connectivity index (χ2n) is 7.48. The first-order valence-corrected chi connectivity index (χ1v) is 12.2. The zero-order valence-electron chi connectivity index (χ0n) is 16.0. The first kappa shape index (κ1) is 20.1. The summed E-state index contributed by atoms with van der Waals surface area (Å²) in [6, 6.07) is 15.5. The Labute approximate surface area is 156 Å². The van der Waals surface area contributed by atoms with Crippen LogP contribution in [0.25, 0.3) is 0 Å². The number of carbonyl (C=O) groups excluding carboxylic acids is 2. The second kappa shape index (κ2) is 8.95. The van der Waals surface area contributed by atoms with E-state index in [4.69, 9.17) is 4.74 Å². The molecule has 5 heteroatoms. The molecule has 0 bridgehead atoms. The summed E-state index contributed by atoms with van der Waals surface area (Å²) in [5.74, 6) is -0.264. The normalized spacial score (nSPS) is 11.7. The second-order valence-corrected chi connectivity index (χ2v) is 12.5. The molecule has 0 spiro atoms. The van der Waals surface area contributed by atoms with E-state index in [-0.39, 0.29) is 18.5 Å². The van der Waals surface area contributed by atoms with Gasteiger partial charge in [0, 0.05) is 0 Å². The van der Waals surface area contributed by atoms with Gasteiger partial charge < -0.3 is 0 Å². The fourth-order valence-corrected chi connectivity index (χ4v) is 4.84. The molecule has 0 unspecified atom stereocenters. The van der Waals surface area contributed by atoms with Crippen molar-refractivity contribution in [3.05, 3.63) is 65.2 Å². The van der Waals surface area contributed by atoms with Crippen molar-refractivity contribution in [1.82, 2.24) is 0 Å². The van der Waals surface area contributed by atoms with E-state index in [1.54, 1.807) is 0 Å². The molecule has 0 aliphatic carbocycles. The Morgan fingerprint density at radius 3 is 2.15 bits per heavy atom. The quantitative estimate of drug-likeness (QED) is 0.590. The SMILES string of the molecule is Cc1cccc(C)c1NC(=O)C[PH](C)(C)CC(=O)OCc1ccccc1. The molecule has 2 aromatic rings. The maximum absolute atomic E-state index is 12.5. The number of amides is 1. The molecule has 0 aliphatic rings. The molecule has 0 aromatic heterocycles. The van der Waals surface area contributed by atoms with Crippen molar-refractivity contribution in [2.45, 2.75) is 20.5 Å². The van der Waals surface area contributed by atoms with Crippen LogP contribution < -0.4 is 5.32 Å². The van der Waals surface area contributed by atoms with E-state index in [9.17, 15) is 9.59 Å². The molecule has 0 fully saturated rings. The van der Waals surface area contributed by atoms with Crippen molar-refractivity contribution in [3.8, 4) is 0 Å². The molecule has 0 saturated heterocycles. The Morgan fingerprint density at radius 2 is 1.54 bits per heavy atom. The Balaban J connectivity index is 1.87. The van der Waals surface area contributed by atoms with Crippen molar-refractivity contribution >= 4 is 24.8 Å². The summed E-state index contributed by atoms with van der Waals surface area (Å²) in [4.78, 5) is 24.6. The van der Waals surface area contributed by atoms with Crippen LogP contribution in [0, 0.1) is 13.8 Å². The van der Waals surface area contributed by atoms with Crippen LogP contribution in [-0.2, 0) is 20.9 Å². The monoisotopic (exact) mass is 373 g/mol. The molecule has 1 amide bonds. The summed E-state index contributed by atoms with van der Waals surface area (Å²) in [5, 5.41) is 3.01. The van der Waals surface area contributed by atoms with Gasteiger partial charge in [-0.2, -0.15) is 0 Å². The first-order chi connectivity index (χ1) is 12.3. The third kappa shape index (κ3) is 6.27. The Kier molecular flexibility index (Phi) is 6.93.